The van der Waals surface area contributed by atoms with Gasteiger partial charge >= 0.3 is 6.18 Å². The first-order valence-corrected chi connectivity index (χ1v) is 6.97. The van der Waals surface area contributed by atoms with E-state index in [4.69, 9.17) is 16.3 Å². The van der Waals surface area contributed by atoms with Crippen LogP contribution in [0.5, 0.6) is 5.75 Å². The van der Waals surface area contributed by atoms with Crippen LogP contribution in [0.4, 0.5) is 13.2 Å². The van der Waals surface area contributed by atoms with E-state index >= 15 is 0 Å². The van der Waals surface area contributed by atoms with Crippen molar-refractivity contribution in [1.29, 1.82) is 0 Å². The molecular weight excluding hydrogens is 315 g/mol. The molecule has 3 rings (SSSR count). The molecule has 0 saturated carbocycles. The second-order valence-electron chi connectivity index (χ2n) is 4.99. The number of allylic oxidation sites excluding steroid dienone is 1. The van der Waals surface area contributed by atoms with Crippen molar-refractivity contribution in [3.05, 3.63) is 64.4 Å². The number of aromatic nitrogens is 1. The van der Waals surface area contributed by atoms with Gasteiger partial charge in [0.2, 0.25) is 0 Å². The highest BCUT2D eigenvalue weighted by atomic mass is 35.5. The molecule has 2 heterocycles. The molecule has 1 aliphatic heterocycles. The summed E-state index contributed by atoms with van der Waals surface area (Å²) in [5, 5.41) is -0.582. The highest BCUT2D eigenvalue weighted by molar-refractivity contribution is 6.30. The Kier molecular flexibility index (Phi) is 3.60. The van der Waals surface area contributed by atoms with Crippen LogP contribution in [0.15, 0.2) is 42.5 Å². The molecule has 2 aromatic rings. The Bertz CT molecular complexity index is 755. The third-order valence-electron chi connectivity index (χ3n) is 3.44. The maximum Gasteiger partial charge on any atom is 0.419 e. The molecular formula is C16H11ClF3NO. The predicted molar refractivity (Wildman–Crippen MR) is 77.7 cm³/mol. The number of para-hydroxylation sites is 1. The number of fused-ring (bicyclic) bond motifs is 1. The molecule has 0 fully saturated rings. The Labute approximate surface area is 130 Å². The van der Waals surface area contributed by atoms with Crippen molar-refractivity contribution < 1.29 is 17.9 Å². The molecule has 22 heavy (non-hydrogen) atoms. The van der Waals surface area contributed by atoms with Crippen LogP contribution in [0.2, 0.25) is 5.15 Å². The van der Waals surface area contributed by atoms with Crippen molar-refractivity contribution in [2.24, 2.45) is 0 Å². The topological polar surface area (TPSA) is 22.1 Å². The van der Waals surface area contributed by atoms with Crippen molar-refractivity contribution in [1.82, 2.24) is 4.98 Å². The monoisotopic (exact) mass is 325 g/mol. The summed E-state index contributed by atoms with van der Waals surface area (Å²) in [6, 6.07) is 9.68. The molecule has 114 valence electrons. The minimum absolute atomic E-state index is 0.0721. The van der Waals surface area contributed by atoms with Gasteiger partial charge in [-0.2, -0.15) is 13.2 Å². The molecule has 0 saturated heterocycles. The van der Waals surface area contributed by atoms with Gasteiger partial charge in [-0.1, -0.05) is 36.7 Å². The van der Waals surface area contributed by atoms with Crippen LogP contribution in [-0.4, -0.2) is 4.98 Å². The minimum Gasteiger partial charge on any atom is -0.455 e. The van der Waals surface area contributed by atoms with Crippen LogP contribution in [-0.2, 0) is 6.18 Å². The van der Waals surface area contributed by atoms with Crippen molar-refractivity contribution in [2.75, 3.05) is 0 Å². The average Bonchev–Trinajstić information content (AvgIpc) is 2.46. The van der Waals surface area contributed by atoms with Gasteiger partial charge in [-0.3, -0.25) is 0 Å². The quantitative estimate of drug-likeness (QED) is 0.664. The number of rotatable bonds is 1. The lowest BCUT2D eigenvalue weighted by molar-refractivity contribution is -0.137. The average molecular weight is 326 g/mol. The third-order valence-corrected chi connectivity index (χ3v) is 3.73. The van der Waals surface area contributed by atoms with E-state index in [1.54, 1.807) is 0 Å². The Morgan fingerprint density at radius 1 is 1.14 bits per heavy atom. The van der Waals surface area contributed by atoms with Gasteiger partial charge in [0, 0.05) is 11.5 Å². The summed E-state index contributed by atoms with van der Waals surface area (Å²) in [7, 11) is 0. The summed E-state index contributed by atoms with van der Waals surface area (Å²) in [6.07, 6.45) is -2.71. The zero-order valence-corrected chi connectivity index (χ0v) is 12.2. The van der Waals surface area contributed by atoms with E-state index in [1.165, 1.54) is 6.07 Å². The Hall–Kier alpha value is -2.01. The Morgan fingerprint density at radius 2 is 1.86 bits per heavy atom. The molecule has 2 nitrogen and oxygen atoms in total. The van der Waals surface area contributed by atoms with Gasteiger partial charge < -0.3 is 4.74 Å². The van der Waals surface area contributed by atoms with Crippen molar-refractivity contribution >= 4 is 17.4 Å². The molecule has 1 aromatic carbocycles. The SMILES string of the molecule is CC1C=C(c2ccc(C(F)(F)F)c(Cl)n2)Oc2ccccc21. The summed E-state index contributed by atoms with van der Waals surface area (Å²) in [4.78, 5) is 3.82. The third kappa shape index (κ3) is 2.68. The summed E-state index contributed by atoms with van der Waals surface area (Å²) < 4.78 is 43.9. The lowest BCUT2D eigenvalue weighted by Gasteiger charge is -2.22. The van der Waals surface area contributed by atoms with Gasteiger partial charge in [-0.05, 0) is 24.3 Å². The maximum atomic E-state index is 12.7. The minimum atomic E-state index is -4.52. The first kappa shape index (κ1) is 14.9. The van der Waals surface area contributed by atoms with Gasteiger partial charge in [0.05, 0.1) is 5.56 Å². The predicted octanol–water partition coefficient (Wildman–Crippen LogP) is 5.29. The first-order valence-electron chi connectivity index (χ1n) is 6.59. The zero-order valence-electron chi connectivity index (χ0n) is 11.5. The van der Waals surface area contributed by atoms with Crippen LogP contribution in [0.25, 0.3) is 5.76 Å². The number of alkyl halides is 3. The van der Waals surface area contributed by atoms with E-state index in [2.05, 4.69) is 4.98 Å². The first-order chi connectivity index (χ1) is 10.4. The Morgan fingerprint density at radius 3 is 2.55 bits per heavy atom. The standard InChI is InChI=1S/C16H11ClF3NO/c1-9-8-14(22-13-5-3-2-4-10(9)13)12-7-6-11(15(17)21-12)16(18,19)20/h2-9H,1H3. The van der Waals surface area contributed by atoms with E-state index in [0.717, 1.165) is 11.6 Å². The molecule has 0 bridgehead atoms. The second-order valence-corrected chi connectivity index (χ2v) is 5.35. The van der Waals surface area contributed by atoms with Crippen LogP contribution in [0, 0.1) is 0 Å². The fourth-order valence-corrected chi connectivity index (χ4v) is 2.60. The number of hydrogen-bond acceptors (Lipinski definition) is 2. The van der Waals surface area contributed by atoms with Crippen LogP contribution < -0.4 is 4.74 Å². The van der Waals surface area contributed by atoms with E-state index in [-0.39, 0.29) is 11.6 Å². The molecule has 1 unspecified atom stereocenters. The van der Waals surface area contributed by atoms with Crippen LogP contribution in [0.3, 0.4) is 0 Å². The second kappa shape index (κ2) is 5.32. The number of hydrogen-bond donors (Lipinski definition) is 0. The number of benzene rings is 1. The molecule has 1 atom stereocenters. The molecule has 0 N–H and O–H groups in total. The van der Waals surface area contributed by atoms with Crippen LogP contribution >= 0.6 is 11.6 Å². The number of pyridine rings is 1. The number of halogens is 4. The van der Waals surface area contributed by atoms with Gasteiger partial charge in [0.25, 0.3) is 0 Å². The molecule has 1 aromatic heterocycles. The highest BCUT2D eigenvalue weighted by Gasteiger charge is 2.34. The normalized spacial score (nSPS) is 17.5. The fourth-order valence-electron chi connectivity index (χ4n) is 2.34. The zero-order chi connectivity index (χ0) is 15.9. The summed E-state index contributed by atoms with van der Waals surface area (Å²) in [6.45, 7) is 1.98. The van der Waals surface area contributed by atoms with Crippen LogP contribution in [0.1, 0.15) is 29.7 Å². The molecule has 1 aliphatic rings. The Balaban J connectivity index is 1.98. The van der Waals surface area contributed by atoms with Gasteiger partial charge in [-0.25, -0.2) is 4.98 Å². The summed E-state index contributed by atoms with van der Waals surface area (Å²) >= 11 is 5.66. The lowest BCUT2D eigenvalue weighted by atomic mass is 9.96. The van der Waals surface area contributed by atoms with Crippen molar-refractivity contribution in [3.63, 3.8) is 0 Å². The molecule has 0 spiro atoms. The lowest BCUT2D eigenvalue weighted by Crippen LogP contribution is -2.11. The number of nitrogens with zero attached hydrogens (tertiary/aromatic N) is 1. The fraction of sp³-hybridized carbons (Fsp3) is 0.188. The molecule has 6 heteroatoms. The van der Waals surface area contributed by atoms with Gasteiger partial charge in [0.1, 0.15) is 22.4 Å². The molecule has 0 aliphatic carbocycles. The van der Waals surface area contributed by atoms with Crippen molar-refractivity contribution in [3.8, 4) is 5.75 Å². The maximum absolute atomic E-state index is 12.7. The number of ether oxygens (including phenoxy) is 1. The molecule has 0 amide bonds. The van der Waals surface area contributed by atoms with E-state index in [1.807, 2.05) is 37.3 Å². The van der Waals surface area contributed by atoms with E-state index in [0.29, 0.717) is 11.5 Å². The summed E-state index contributed by atoms with van der Waals surface area (Å²) in [5.41, 5.74) is 0.339. The molecule has 0 radical (unpaired) electrons. The smallest absolute Gasteiger partial charge is 0.419 e. The summed E-state index contributed by atoms with van der Waals surface area (Å²) in [5.74, 6) is 1.15. The van der Waals surface area contributed by atoms with Crippen molar-refractivity contribution in [2.45, 2.75) is 19.0 Å². The van der Waals surface area contributed by atoms with E-state index in [9.17, 15) is 13.2 Å². The van der Waals surface area contributed by atoms with Gasteiger partial charge in [-0.15, -0.1) is 0 Å². The van der Waals surface area contributed by atoms with Gasteiger partial charge in [0.15, 0.2) is 0 Å². The van der Waals surface area contributed by atoms with E-state index < -0.39 is 16.9 Å². The largest absolute Gasteiger partial charge is 0.455 e. The highest BCUT2D eigenvalue weighted by Crippen LogP contribution is 2.38.